The lowest BCUT2D eigenvalue weighted by molar-refractivity contribution is -0.140. The molecule has 5 heteroatoms. The molecule has 19 heavy (non-hydrogen) atoms. The number of nitrogens with one attached hydrogen (secondary N) is 1. The van der Waals surface area contributed by atoms with Gasteiger partial charge in [0.25, 0.3) is 0 Å². The minimum Gasteiger partial charge on any atom is -0.313 e. The lowest BCUT2D eigenvalue weighted by atomic mass is 9.92. The van der Waals surface area contributed by atoms with Crippen molar-refractivity contribution in [3.05, 3.63) is 35.1 Å². The molecule has 0 aromatic heterocycles. The van der Waals surface area contributed by atoms with Gasteiger partial charge in [0.15, 0.2) is 0 Å². The number of halogens is 4. The van der Waals surface area contributed by atoms with E-state index in [-0.39, 0.29) is 6.04 Å². The Morgan fingerprint density at radius 3 is 2.53 bits per heavy atom. The molecule has 1 nitrogen and oxygen atoms in total. The summed E-state index contributed by atoms with van der Waals surface area (Å²) in [4.78, 5) is 0. The van der Waals surface area contributed by atoms with Crippen LogP contribution in [0.4, 0.5) is 17.6 Å². The van der Waals surface area contributed by atoms with Crippen molar-refractivity contribution in [3.8, 4) is 0 Å². The second-order valence-electron chi connectivity index (χ2n) is 5.30. The van der Waals surface area contributed by atoms with E-state index in [0.717, 1.165) is 31.5 Å². The van der Waals surface area contributed by atoms with Crippen molar-refractivity contribution in [1.82, 2.24) is 5.32 Å². The van der Waals surface area contributed by atoms with E-state index >= 15 is 0 Å². The van der Waals surface area contributed by atoms with E-state index in [2.05, 4.69) is 12.2 Å². The van der Waals surface area contributed by atoms with Crippen LogP contribution < -0.4 is 5.32 Å². The Bertz CT molecular complexity index is 434. The van der Waals surface area contributed by atoms with Crippen LogP contribution in [0, 0.1) is 11.7 Å². The molecule has 0 bridgehead atoms. The number of piperidine rings is 1. The Morgan fingerprint density at radius 1 is 1.26 bits per heavy atom. The second kappa shape index (κ2) is 5.49. The summed E-state index contributed by atoms with van der Waals surface area (Å²) >= 11 is 0. The van der Waals surface area contributed by atoms with Crippen LogP contribution in [0.2, 0.25) is 0 Å². The van der Waals surface area contributed by atoms with Crippen molar-refractivity contribution >= 4 is 0 Å². The summed E-state index contributed by atoms with van der Waals surface area (Å²) in [6.45, 7) is 3.06. The largest absolute Gasteiger partial charge is 0.419 e. The zero-order chi connectivity index (χ0) is 14.0. The van der Waals surface area contributed by atoms with E-state index < -0.39 is 17.6 Å². The van der Waals surface area contributed by atoms with Gasteiger partial charge in [-0.15, -0.1) is 0 Å². The predicted octanol–water partition coefficient (Wildman–Crippen LogP) is 3.78. The first-order valence-corrected chi connectivity index (χ1v) is 6.45. The van der Waals surface area contributed by atoms with Crippen molar-refractivity contribution in [1.29, 1.82) is 0 Å². The highest BCUT2D eigenvalue weighted by Crippen LogP contribution is 2.31. The van der Waals surface area contributed by atoms with Crippen LogP contribution in [0.15, 0.2) is 18.2 Å². The molecule has 1 aliphatic heterocycles. The molecule has 0 radical (unpaired) electrons. The van der Waals surface area contributed by atoms with Crippen LogP contribution in [0.1, 0.15) is 30.9 Å². The maximum absolute atomic E-state index is 13.4. The Balaban J connectivity index is 2.04. The summed E-state index contributed by atoms with van der Waals surface area (Å²) in [6.07, 6.45) is -1.98. The SMILES string of the molecule is CC1CCC(Cc2ccc(C(F)(F)F)c(F)c2)NC1. The first-order valence-electron chi connectivity index (χ1n) is 6.45. The van der Waals surface area contributed by atoms with Gasteiger partial charge in [-0.1, -0.05) is 13.0 Å². The van der Waals surface area contributed by atoms with Gasteiger partial charge < -0.3 is 5.32 Å². The fourth-order valence-electron chi connectivity index (χ4n) is 2.43. The molecule has 0 spiro atoms. The third kappa shape index (κ3) is 3.69. The molecule has 1 fully saturated rings. The van der Waals surface area contributed by atoms with Gasteiger partial charge in [0.1, 0.15) is 5.82 Å². The molecule has 0 saturated carbocycles. The molecule has 0 aliphatic carbocycles. The number of rotatable bonds is 2. The van der Waals surface area contributed by atoms with Gasteiger partial charge in [0.2, 0.25) is 0 Å². The van der Waals surface area contributed by atoms with Crippen LogP contribution >= 0.6 is 0 Å². The Morgan fingerprint density at radius 2 is 2.00 bits per heavy atom. The summed E-state index contributed by atoms with van der Waals surface area (Å²) < 4.78 is 50.7. The molecule has 1 saturated heterocycles. The molecule has 2 rings (SSSR count). The topological polar surface area (TPSA) is 12.0 Å². The second-order valence-corrected chi connectivity index (χ2v) is 5.30. The minimum atomic E-state index is -4.62. The van der Waals surface area contributed by atoms with Crippen LogP contribution in [-0.4, -0.2) is 12.6 Å². The minimum absolute atomic E-state index is 0.229. The molecule has 0 amide bonds. The van der Waals surface area contributed by atoms with Gasteiger partial charge in [0, 0.05) is 6.04 Å². The van der Waals surface area contributed by atoms with E-state index in [1.54, 1.807) is 0 Å². The molecule has 1 aliphatic rings. The highest BCUT2D eigenvalue weighted by molar-refractivity contribution is 5.27. The Kier molecular flexibility index (Phi) is 4.13. The number of benzene rings is 1. The van der Waals surface area contributed by atoms with Gasteiger partial charge in [-0.25, -0.2) is 4.39 Å². The van der Waals surface area contributed by atoms with E-state index in [4.69, 9.17) is 0 Å². The Labute approximate surface area is 110 Å². The molecule has 1 aromatic rings. The van der Waals surface area contributed by atoms with E-state index in [1.165, 1.54) is 6.07 Å². The third-order valence-electron chi connectivity index (χ3n) is 3.58. The van der Waals surface area contributed by atoms with Gasteiger partial charge in [0.05, 0.1) is 5.56 Å². The van der Waals surface area contributed by atoms with Gasteiger partial charge in [-0.2, -0.15) is 13.2 Å². The van der Waals surface area contributed by atoms with Crippen LogP contribution in [-0.2, 0) is 12.6 Å². The summed E-state index contributed by atoms with van der Waals surface area (Å²) in [7, 11) is 0. The highest BCUT2D eigenvalue weighted by atomic mass is 19.4. The quantitative estimate of drug-likeness (QED) is 0.810. The Hall–Kier alpha value is -1.10. The fourth-order valence-corrected chi connectivity index (χ4v) is 2.43. The number of hydrogen-bond donors (Lipinski definition) is 1. The van der Waals surface area contributed by atoms with Crippen molar-refractivity contribution in [2.45, 2.75) is 38.4 Å². The standard InChI is InChI=1S/C14H17F4N/c1-9-2-4-11(19-8-9)6-10-3-5-12(13(15)7-10)14(16,17)18/h3,5,7,9,11,19H,2,4,6,8H2,1H3. The molecule has 1 N–H and O–H groups in total. The monoisotopic (exact) mass is 275 g/mol. The van der Waals surface area contributed by atoms with Gasteiger partial charge in [-0.3, -0.25) is 0 Å². The summed E-state index contributed by atoms with van der Waals surface area (Å²) in [5.41, 5.74) is -0.584. The molecular weight excluding hydrogens is 258 g/mol. The van der Waals surface area contributed by atoms with E-state index in [9.17, 15) is 17.6 Å². The smallest absolute Gasteiger partial charge is 0.313 e. The van der Waals surface area contributed by atoms with E-state index in [1.807, 2.05) is 0 Å². The van der Waals surface area contributed by atoms with Crippen LogP contribution in [0.5, 0.6) is 0 Å². The number of alkyl halides is 3. The zero-order valence-electron chi connectivity index (χ0n) is 10.7. The molecule has 2 atom stereocenters. The van der Waals surface area contributed by atoms with Gasteiger partial charge >= 0.3 is 6.18 Å². The summed E-state index contributed by atoms with van der Waals surface area (Å²) in [6, 6.07) is 3.43. The average Bonchev–Trinajstić information content (AvgIpc) is 2.30. The summed E-state index contributed by atoms with van der Waals surface area (Å²) in [5.74, 6) is -0.560. The maximum atomic E-state index is 13.4. The fraction of sp³-hybridized carbons (Fsp3) is 0.571. The summed E-state index contributed by atoms with van der Waals surface area (Å²) in [5, 5.41) is 3.34. The average molecular weight is 275 g/mol. The lowest BCUT2D eigenvalue weighted by Crippen LogP contribution is -2.39. The molecule has 106 valence electrons. The normalized spacial score (nSPS) is 24.5. The van der Waals surface area contributed by atoms with E-state index in [0.29, 0.717) is 17.9 Å². The zero-order valence-corrected chi connectivity index (χ0v) is 10.7. The highest BCUT2D eigenvalue weighted by Gasteiger charge is 2.34. The number of hydrogen-bond acceptors (Lipinski definition) is 1. The first kappa shape index (κ1) is 14.3. The molecule has 2 unspecified atom stereocenters. The van der Waals surface area contributed by atoms with Crippen molar-refractivity contribution in [2.75, 3.05) is 6.54 Å². The molecule has 1 heterocycles. The van der Waals surface area contributed by atoms with Crippen molar-refractivity contribution in [2.24, 2.45) is 5.92 Å². The van der Waals surface area contributed by atoms with Crippen molar-refractivity contribution in [3.63, 3.8) is 0 Å². The van der Waals surface area contributed by atoms with Crippen LogP contribution in [0.3, 0.4) is 0 Å². The van der Waals surface area contributed by atoms with Crippen LogP contribution in [0.25, 0.3) is 0 Å². The van der Waals surface area contributed by atoms with Gasteiger partial charge in [-0.05, 0) is 49.4 Å². The molecule has 1 aromatic carbocycles. The van der Waals surface area contributed by atoms with Crippen molar-refractivity contribution < 1.29 is 17.6 Å². The lowest BCUT2D eigenvalue weighted by Gasteiger charge is -2.28. The maximum Gasteiger partial charge on any atom is 0.419 e. The first-order chi connectivity index (χ1) is 8.86. The predicted molar refractivity (Wildman–Crippen MR) is 65.3 cm³/mol. The third-order valence-corrected chi connectivity index (χ3v) is 3.58. The molecular formula is C14H17F4N.